The zero-order chi connectivity index (χ0) is 13.3. The van der Waals surface area contributed by atoms with Gasteiger partial charge in [-0.05, 0) is 18.4 Å². The van der Waals surface area contributed by atoms with Crippen LogP contribution >= 0.6 is 24.8 Å². The predicted octanol–water partition coefficient (Wildman–Crippen LogP) is 2.77. The number of aromatic nitrogens is 2. The summed E-state index contributed by atoms with van der Waals surface area (Å²) >= 11 is 0. The van der Waals surface area contributed by atoms with E-state index in [2.05, 4.69) is 10.1 Å². The van der Waals surface area contributed by atoms with Crippen LogP contribution in [0.3, 0.4) is 0 Å². The van der Waals surface area contributed by atoms with Crippen LogP contribution in [0.25, 0.3) is 11.4 Å². The minimum Gasteiger partial charge on any atom is -0.337 e. The van der Waals surface area contributed by atoms with Crippen molar-refractivity contribution in [1.82, 2.24) is 10.1 Å². The molecular weight excluding hydrogens is 311 g/mol. The number of hydrogen-bond donors (Lipinski definition) is 2. The molecule has 1 heterocycles. The molecular formula is C14H20Cl2N4O. The largest absolute Gasteiger partial charge is 0.337 e. The average Bonchev–Trinajstić information content (AvgIpc) is 3.08. The topological polar surface area (TPSA) is 91.0 Å². The summed E-state index contributed by atoms with van der Waals surface area (Å²) in [7, 11) is 0. The van der Waals surface area contributed by atoms with Crippen molar-refractivity contribution in [3.8, 4) is 11.4 Å². The molecule has 116 valence electrons. The van der Waals surface area contributed by atoms with Crippen LogP contribution in [0.2, 0.25) is 0 Å². The molecule has 1 aliphatic carbocycles. The molecule has 0 bridgehead atoms. The van der Waals surface area contributed by atoms with Gasteiger partial charge >= 0.3 is 0 Å². The Bertz CT molecular complexity index is 565. The van der Waals surface area contributed by atoms with Crippen LogP contribution in [0.5, 0.6) is 0 Å². The van der Waals surface area contributed by atoms with E-state index in [0.29, 0.717) is 18.3 Å². The highest BCUT2D eigenvalue weighted by atomic mass is 35.5. The highest BCUT2D eigenvalue weighted by Crippen LogP contribution is 2.35. The molecule has 1 aromatic carbocycles. The first-order valence-electron chi connectivity index (χ1n) is 6.64. The van der Waals surface area contributed by atoms with Gasteiger partial charge in [0.05, 0.1) is 5.54 Å². The molecule has 1 aliphatic rings. The van der Waals surface area contributed by atoms with Crippen molar-refractivity contribution in [1.29, 1.82) is 0 Å². The molecule has 0 spiro atoms. The Morgan fingerprint density at radius 1 is 1.10 bits per heavy atom. The zero-order valence-electron chi connectivity index (χ0n) is 11.6. The third kappa shape index (κ3) is 3.55. The Morgan fingerprint density at radius 2 is 1.71 bits per heavy atom. The smallest absolute Gasteiger partial charge is 0.247 e. The van der Waals surface area contributed by atoms with Crippen LogP contribution in [0.4, 0.5) is 0 Å². The lowest BCUT2D eigenvalue weighted by molar-refractivity contribution is 0.285. The summed E-state index contributed by atoms with van der Waals surface area (Å²) in [4.78, 5) is 4.46. The van der Waals surface area contributed by atoms with Crippen LogP contribution in [-0.2, 0) is 12.1 Å². The van der Waals surface area contributed by atoms with Crippen LogP contribution in [0, 0.1) is 0 Å². The molecule has 0 aliphatic heterocycles. The van der Waals surface area contributed by atoms with Crippen molar-refractivity contribution in [2.75, 3.05) is 0 Å². The second-order valence-electron chi connectivity index (χ2n) is 5.19. The Balaban J connectivity index is 0.00000110. The van der Waals surface area contributed by atoms with Gasteiger partial charge in [0, 0.05) is 12.1 Å². The molecule has 4 N–H and O–H groups in total. The molecule has 2 aromatic rings. The van der Waals surface area contributed by atoms with Gasteiger partial charge in [0.2, 0.25) is 11.7 Å². The van der Waals surface area contributed by atoms with Gasteiger partial charge in [-0.3, -0.25) is 0 Å². The Kier molecular flexibility index (Phi) is 6.16. The fourth-order valence-corrected chi connectivity index (χ4v) is 2.55. The van der Waals surface area contributed by atoms with Gasteiger partial charge in [0.25, 0.3) is 0 Å². The second-order valence-corrected chi connectivity index (χ2v) is 5.19. The maximum absolute atomic E-state index is 6.30. The Labute approximate surface area is 136 Å². The first-order chi connectivity index (χ1) is 9.21. The van der Waals surface area contributed by atoms with Crippen molar-refractivity contribution < 1.29 is 4.52 Å². The molecule has 0 amide bonds. The first kappa shape index (κ1) is 17.9. The zero-order valence-corrected chi connectivity index (χ0v) is 13.3. The summed E-state index contributed by atoms with van der Waals surface area (Å²) in [6, 6.07) is 7.85. The fraction of sp³-hybridized carbons (Fsp3) is 0.429. The fourth-order valence-electron chi connectivity index (χ4n) is 2.55. The number of rotatable bonds is 3. The Hall–Kier alpha value is -1.14. The van der Waals surface area contributed by atoms with Gasteiger partial charge in [0.1, 0.15) is 0 Å². The maximum atomic E-state index is 6.30. The average molecular weight is 331 g/mol. The molecule has 5 nitrogen and oxygen atoms in total. The van der Waals surface area contributed by atoms with Crippen molar-refractivity contribution in [2.45, 2.75) is 37.8 Å². The van der Waals surface area contributed by atoms with Crippen molar-refractivity contribution in [3.05, 3.63) is 35.7 Å². The second kappa shape index (κ2) is 7.22. The third-order valence-electron chi connectivity index (χ3n) is 3.80. The van der Waals surface area contributed by atoms with Gasteiger partial charge in [-0.25, -0.2) is 0 Å². The van der Waals surface area contributed by atoms with Crippen molar-refractivity contribution in [2.24, 2.45) is 11.5 Å². The van der Waals surface area contributed by atoms with E-state index >= 15 is 0 Å². The highest BCUT2D eigenvalue weighted by Gasteiger charge is 2.36. The van der Waals surface area contributed by atoms with Gasteiger partial charge in [0.15, 0.2) is 0 Å². The van der Waals surface area contributed by atoms with Crippen LogP contribution in [0.15, 0.2) is 28.8 Å². The molecule has 0 saturated heterocycles. The van der Waals surface area contributed by atoms with E-state index in [1.807, 2.05) is 24.3 Å². The lowest BCUT2D eigenvalue weighted by atomic mass is 9.99. The summed E-state index contributed by atoms with van der Waals surface area (Å²) in [6.45, 7) is 0.531. The van der Waals surface area contributed by atoms with E-state index in [9.17, 15) is 0 Å². The van der Waals surface area contributed by atoms with Gasteiger partial charge in [-0.2, -0.15) is 4.98 Å². The quantitative estimate of drug-likeness (QED) is 0.902. The maximum Gasteiger partial charge on any atom is 0.247 e. The third-order valence-corrected chi connectivity index (χ3v) is 3.80. The van der Waals surface area contributed by atoms with E-state index in [-0.39, 0.29) is 24.8 Å². The molecule has 1 fully saturated rings. The van der Waals surface area contributed by atoms with Crippen LogP contribution in [0.1, 0.15) is 37.1 Å². The standard InChI is InChI=1S/C14H18N4O.2ClH/c15-9-10-3-5-11(6-4-10)12-17-13(19-18-12)14(16)7-1-2-8-14;;/h3-6H,1-2,7-9,15-16H2;2*1H. The van der Waals surface area contributed by atoms with E-state index in [4.69, 9.17) is 16.0 Å². The first-order valence-corrected chi connectivity index (χ1v) is 6.64. The van der Waals surface area contributed by atoms with Crippen molar-refractivity contribution >= 4 is 24.8 Å². The van der Waals surface area contributed by atoms with Crippen LogP contribution in [-0.4, -0.2) is 10.1 Å². The SMILES string of the molecule is Cl.Cl.NCc1ccc(-c2noc(C3(N)CCCC3)n2)cc1. The number of nitrogens with zero attached hydrogens (tertiary/aromatic N) is 2. The van der Waals surface area contributed by atoms with E-state index < -0.39 is 5.54 Å². The van der Waals surface area contributed by atoms with Gasteiger partial charge in [-0.1, -0.05) is 42.3 Å². The summed E-state index contributed by atoms with van der Waals surface area (Å²) in [5, 5.41) is 4.03. The molecule has 1 saturated carbocycles. The van der Waals surface area contributed by atoms with E-state index in [1.165, 1.54) is 0 Å². The number of halogens is 2. The molecule has 3 rings (SSSR count). The Morgan fingerprint density at radius 3 is 2.29 bits per heavy atom. The van der Waals surface area contributed by atoms with Crippen LogP contribution < -0.4 is 11.5 Å². The molecule has 0 unspecified atom stereocenters. The van der Waals surface area contributed by atoms with Gasteiger partial charge in [-0.15, -0.1) is 24.8 Å². The number of nitrogens with two attached hydrogens (primary N) is 2. The molecule has 1 aromatic heterocycles. The number of benzene rings is 1. The monoisotopic (exact) mass is 330 g/mol. The highest BCUT2D eigenvalue weighted by molar-refractivity contribution is 5.85. The summed E-state index contributed by atoms with van der Waals surface area (Å²) in [6.07, 6.45) is 4.08. The minimum absolute atomic E-state index is 0. The lowest BCUT2D eigenvalue weighted by Gasteiger charge is -2.17. The molecule has 7 heteroatoms. The lowest BCUT2D eigenvalue weighted by Crippen LogP contribution is -2.33. The summed E-state index contributed by atoms with van der Waals surface area (Å²) in [5.74, 6) is 1.15. The molecule has 21 heavy (non-hydrogen) atoms. The summed E-state index contributed by atoms with van der Waals surface area (Å²) in [5.41, 5.74) is 13.5. The van der Waals surface area contributed by atoms with Crippen molar-refractivity contribution in [3.63, 3.8) is 0 Å². The normalized spacial score (nSPS) is 16.1. The molecule has 0 atom stereocenters. The number of hydrogen-bond acceptors (Lipinski definition) is 5. The minimum atomic E-state index is -0.428. The van der Waals surface area contributed by atoms with E-state index in [0.717, 1.165) is 36.8 Å². The predicted molar refractivity (Wildman–Crippen MR) is 86.5 cm³/mol. The molecule has 0 radical (unpaired) electrons. The summed E-state index contributed by atoms with van der Waals surface area (Å²) < 4.78 is 5.35. The van der Waals surface area contributed by atoms with Gasteiger partial charge < -0.3 is 16.0 Å². The van der Waals surface area contributed by atoms with E-state index in [1.54, 1.807) is 0 Å².